The number of fused-ring (bicyclic) bond motifs is 1. The van der Waals surface area contributed by atoms with E-state index in [0.717, 1.165) is 13.1 Å². The lowest BCUT2D eigenvalue weighted by Crippen LogP contribution is -2.51. The molecule has 1 N–H and O–H groups in total. The normalized spacial score (nSPS) is 20.9. The molecule has 0 bridgehead atoms. The van der Waals surface area contributed by atoms with Crippen molar-refractivity contribution in [3.63, 3.8) is 0 Å². The molecule has 13 heteroatoms. The Bertz CT molecular complexity index is 1470. The summed E-state index contributed by atoms with van der Waals surface area (Å²) < 4.78 is 36.4. The Balaban J connectivity index is 1.21. The zero-order valence-corrected chi connectivity index (χ0v) is 22.3. The molecule has 1 aliphatic carbocycles. The molecular formula is C25H27N5O6S2. The lowest BCUT2D eigenvalue weighted by molar-refractivity contribution is -0.110. The summed E-state index contributed by atoms with van der Waals surface area (Å²) in [5.74, 6) is -0.0115. The van der Waals surface area contributed by atoms with Crippen LogP contribution in [0.15, 0.2) is 46.4 Å². The summed E-state index contributed by atoms with van der Waals surface area (Å²) in [5.41, 5.74) is 1.07. The molecular weight excluding hydrogens is 530 g/mol. The van der Waals surface area contributed by atoms with Crippen molar-refractivity contribution in [1.29, 1.82) is 0 Å². The third kappa shape index (κ3) is 5.37. The minimum atomic E-state index is -3.35. The zero-order chi connectivity index (χ0) is 26.3. The van der Waals surface area contributed by atoms with Crippen LogP contribution in [0.1, 0.15) is 24.8 Å². The fourth-order valence-electron chi connectivity index (χ4n) is 4.28. The van der Waals surface area contributed by atoms with E-state index in [9.17, 15) is 13.2 Å². The van der Waals surface area contributed by atoms with Crippen LogP contribution in [0.4, 0.5) is 5.13 Å². The first-order valence-electron chi connectivity index (χ1n) is 12.5. The van der Waals surface area contributed by atoms with E-state index in [4.69, 9.17) is 14.3 Å². The number of anilines is 1. The van der Waals surface area contributed by atoms with Gasteiger partial charge >= 0.3 is 0 Å². The van der Waals surface area contributed by atoms with E-state index in [1.165, 1.54) is 23.5 Å². The summed E-state index contributed by atoms with van der Waals surface area (Å²) in [6.45, 7) is 2.67. The zero-order valence-electron chi connectivity index (χ0n) is 20.7. The highest BCUT2D eigenvalue weighted by Crippen LogP contribution is 2.33. The molecule has 0 unspecified atom stereocenters. The topological polar surface area (TPSA) is 132 Å². The summed E-state index contributed by atoms with van der Waals surface area (Å²) in [6.07, 6.45) is 1.89. The highest BCUT2D eigenvalue weighted by atomic mass is 32.2. The van der Waals surface area contributed by atoms with E-state index in [1.54, 1.807) is 18.2 Å². The molecule has 1 saturated carbocycles. The first-order chi connectivity index (χ1) is 18.3. The van der Waals surface area contributed by atoms with Gasteiger partial charge in [-0.15, -0.1) is 0 Å². The number of likely N-dealkylation sites (tertiary alicyclic amines) is 1. The van der Waals surface area contributed by atoms with Crippen LogP contribution in [0.5, 0.6) is 5.88 Å². The number of benzene rings is 1. The van der Waals surface area contributed by atoms with Crippen molar-refractivity contribution in [1.82, 2.24) is 14.9 Å². The predicted molar refractivity (Wildman–Crippen MR) is 141 cm³/mol. The van der Waals surface area contributed by atoms with Gasteiger partial charge in [-0.25, -0.2) is 18.4 Å². The second kappa shape index (κ2) is 10.2. The molecule has 2 aromatic heterocycles. The number of hydrogen-bond donors (Lipinski definition) is 1. The molecule has 2 aliphatic heterocycles. The molecule has 200 valence electrons. The molecule has 1 atom stereocenters. The van der Waals surface area contributed by atoms with Gasteiger partial charge in [0.05, 0.1) is 23.4 Å². The van der Waals surface area contributed by atoms with E-state index < -0.39 is 15.7 Å². The van der Waals surface area contributed by atoms with Gasteiger partial charge in [0.15, 0.2) is 26.8 Å². The Labute approximate surface area is 223 Å². The molecule has 2 saturated heterocycles. The van der Waals surface area contributed by atoms with Crippen LogP contribution in [0.3, 0.4) is 0 Å². The number of pyridine rings is 1. The van der Waals surface area contributed by atoms with Crippen molar-refractivity contribution in [2.45, 2.75) is 41.6 Å². The number of carbonyl (C=O) groups is 1. The SMILES string of the molecule is CN1CC(Oc2ccc3nc(NC(=O)C(=NO[C@@H]4CCOC4)c4ccc(S(=O)(=O)C5CC5)cc4)sc3n2)C1. The van der Waals surface area contributed by atoms with Crippen LogP contribution in [0, 0.1) is 0 Å². The second-order valence-corrected chi connectivity index (χ2v) is 12.9. The number of thiazole rings is 1. The van der Waals surface area contributed by atoms with Crippen molar-refractivity contribution in [2.24, 2.45) is 5.16 Å². The van der Waals surface area contributed by atoms with Crippen LogP contribution in [-0.2, 0) is 24.2 Å². The Morgan fingerprint density at radius 3 is 2.58 bits per heavy atom. The number of sulfone groups is 1. The van der Waals surface area contributed by atoms with Crippen LogP contribution >= 0.6 is 11.3 Å². The van der Waals surface area contributed by atoms with Gasteiger partial charge in [0.25, 0.3) is 5.91 Å². The van der Waals surface area contributed by atoms with Crippen LogP contribution in [-0.4, -0.2) is 85.7 Å². The number of aromatic nitrogens is 2. The van der Waals surface area contributed by atoms with Crippen LogP contribution in [0.25, 0.3) is 10.3 Å². The molecule has 4 heterocycles. The van der Waals surface area contributed by atoms with E-state index in [-0.39, 0.29) is 28.1 Å². The second-order valence-electron chi connectivity index (χ2n) is 9.71. The minimum absolute atomic E-state index is 0.0117. The van der Waals surface area contributed by atoms with Gasteiger partial charge in [-0.05, 0) is 38.1 Å². The summed E-state index contributed by atoms with van der Waals surface area (Å²) in [4.78, 5) is 31.0. The molecule has 38 heavy (non-hydrogen) atoms. The molecule has 1 aromatic carbocycles. The summed E-state index contributed by atoms with van der Waals surface area (Å²) >= 11 is 1.23. The number of nitrogens with one attached hydrogen (secondary N) is 1. The minimum Gasteiger partial charge on any atom is -0.472 e. The number of rotatable bonds is 9. The van der Waals surface area contributed by atoms with Crippen molar-refractivity contribution in [2.75, 3.05) is 38.7 Å². The van der Waals surface area contributed by atoms with E-state index in [2.05, 4.69) is 25.3 Å². The van der Waals surface area contributed by atoms with Gasteiger partial charge in [-0.2, -0.15) is 0 Å². The summed E-state index contributed by atoms with van der Waals surface area (Å²) in [6, 6.07) is 9.74. The Morgan fingerprint density at radius 2 is 1.89 bits per heavy atom. The standard InChI is InChI=1S/C25H27N5O6S2/c1-30-12-17(13-30)35-21-9-8-20-24(27-21)37-25(26-20)28-23(31)22(29-36-16-10-11-34-14-16)15-2-4-18(5-3-15)38(32,33)19-6-7-19/h2-5,8-9,16-17,19H,6-7,10-14H2,1H3,(H,26,28,31)/t16-/m1/s1. The predicted octanol–water partition coefficient (Wildman–Crippen LogP) is 2.47. The number of hydrogen-bond acceptors (Lipinski definition) is 11. The molecule has 11 nitrogen and oxygen atoms in total. The smallest absolute Gasteiger partial charge is 0.280 e. The average molecular weight is 558 g/mol. The third-order valence-electron chi connectivity index (χ3n) is 6.58. The van der Waals surface area contributed by atoms with Crippen molar-refractivity contribution in [3.05, 3.63) is 42.0 Å². The van der Waals surface area contributed by atoms with E-state index in [0.29, 0.717) is 59.4 Å². The van der Waals surface area contributed by atoms with E-state index >= 15 is 0 Å². The average Bonchev–Trinajstić information content (AvgIpc) is 3.49. The first kappa shape index (κ1) is 25.2. The van der Waals surface area contributed by atoms with Gasteiger partial charge in [-0.3, -0.25) is 15.0 Å². The fraction of sp³-hybridized carbons (Fsp3) is 0.440. The largest absolute Gasteiger partial charge is 0.472 e. The number of ether oxygens (including phenoxy) is 2. The Morgan fingerprint density at radius 1 is 1.11 bits per heavy atom. The molecule has 3 aromatic rings. The van der Waals surface area contributed by atoms with Gasteiger partial charge in [0, 0.05) is 31.1 Å². The number of amides is 1. The molecule has 0 radical (unpaired) electrons. The third-order valence-corrected chi connectivity index (χ3v) is 9.74. The van der Waals surface area contributed by atoms with Gasteiger partial charge in [0.2, 0.25) is 5.88 Å². The van der Waals surface area contributed by atoms with Gasteiger partial charge in [-0.1, -0.05) is 28.6 Å². The number of nitrogens with zero attached hydrogens (tertiary/aromatic N) is 4. The first-order valence-corrected chi connectivity index (χ1v) is 14.8. The molecule has 1 amide bonds. The van der Waals surface area contributed by atoms with Crippen molar-refractivity contribution < 1.29 is 27.5 Å². The summed E-state index contributed by atoms with van der Waals surface area (Å²) in [5, 5.41) is 6.97. The monoisotopic (exact) mass is 557 g/mol. The summed E-state index contributed by atoms with van der Waals surface area (Å²) in [7, 11) is -1.31. The lowest BCUT2D eigenvalue weighted by atomic mass is 10.1. The highest BCUT2D eigenvalue weighted by molar-refractivity contribution is 7.92. The maximum Gasteiger partial charge on any atom is 0.280 e. The van der Waals surface area contributed by atoms with Crippen molar-refractivity contribution in [3.8, 4) is 5.88 Å². The number of carbonyl (C=O) groups excluding carboxylic acids is 1. The fourth-order valence-corrected chi connectivity index (χ4v) is 6.77. The number of oxime groups is 1. The van der Waals surface area contributed by atoms with E-state index in [1.807, 2.05) is 13.1 Å². The molecule has 3 aliphatic rings. The quantitative estimate of drug-likeness (QED) is 0.311. The van der Waals surface area contributed by atoms with Crippen molar-refractivity contribution >= 4 is 48.3 Å². The van der Waals surface area contributed by atoms with Crippen LogP contribution in [0.2, 0.25) is 0 Å². The number of likely N-dealkylation sites (N-methyl/N-ethyl adjacent to an activating group) is 1. The van der Waals surface area contributed by atoms with Crippen LogP contribution < -0.4 is 10.1 Å². The van der Waals surface area contributed by atoms with Gasteiger partial charge in [0.1, 0.15) is 16.5 Å². The Hall–Kier alpha value is -3.13. The van der Waals surface area contributed by atoms with Gasteiger partial charge < -0.3 is 14.3 Å². The Kier molecular flexibility index (Phi) is 6.76. The highest BCUT2D eigenvalue weighted by Gasteiger charge is 2.37. The lowest BCUT2D eigenvalue weighted by Gasteiger charge is -2.35. The molecule has 0 spiro atoms. The molecule has 3 fully saturated rings. The maximum absolute atomic E-state index is 13.3. The molecule has 6 rings (SSSR count). The maximum atomic E-state index is 13.3.